The fraction of sp³-hybridized carbons (Fsp3) is 0.190. The molecule has 0 aliphatic carbocycles. The lowest BCUT2D eigenvalue weighted by Crippen LogP contribution is -1.95. The molecule has 0 atom stereocenters. The SMILES string of the molecule is Cc1cc(-c2ccsc2)cn2c(CSCCc3ccccc3)cnc12. The standard InChI is InChI=1S/C21H20N2S2/c1-16-11-19(18-8-10-24-14-18)13-23-20(12-22-21(16)23)15-25-9-7-17-5-3-2-4-6-17/h2-6,8,10-14H,7,9,15H2,1H3. The quantitative estimate of drug-likeness (QED) is 0.399. The zero-order chi connectivity index (χ0) is 17.1. The van der Waals surface area contributed by atoms with E-state index in [4.69, 9.17) is 0 Å². The average Bonchev–Trinajstić information content (AvgIpc) is 3.30. The van der Waals surface area contributed by atoms with Crippen LogP contribution in [-0.2, 0) is 12.2 Å². The number of imidazole rings is 1. The molecule has 3 heterocycles. The number of fused-ring (bicyclic) bond motifs is 1. The van der Waals surface area contributed by atoms with Gasteiger partial charge in [-0.1, -0.05) is 30.3 Å². The van der Waals surface area contributed by atoms with Crippen LogP contribution in [0.1, 0.15) is 16.8 Å². The second kappa shape index (κ2) is 7.46. The molecule has 0 fully saturated rings. The first-order valence-electron chi connectivity index (χ1n) is 8.42. The van der Waals surface area contributed by atoms with Gasteiger partial charge in [0.15, 0.2) is 0 Å². The highest BCUT2D eigenvalue weighted by atomic mass is 32.2. The van der Waals surface area contributed by atoms with Crippen molar-refractivity contribution in [2.24, 2.45) is 0 Å². The number of hydrogen-bond acceptors (Lipinski definition) is 3. The zero-order valence-electron chi connectivity index (χ0n) is 14.2. The molecule has 0 radical (unpaired) electrons. The third kappa shape index (κ3) is 3.65. The van der Waals surface area contributed by atoms with Gasteiger partial charge in [0.2, 0.25) is 0 Å². The normalized spacial score (nSPS) is 11.2. The zero-order valence-corrected chi connectivity index (χ0v) is 15.8. The van der Waals surface area contributed by atoms with Crippen molar-refractivity contribution in [3.8, 4) is 11.1 Å². The van der Waals surface area contributed by atoms with Gasteiger partial charge in [0, 0.05) is 11.9 Å². The van der Waals surface area contributed by atoms with Gasteiger partial charge >= 0.3 is 0 Å². The Morgan fingerprint density at radius 1 is 1.12 bits per heavy atom. The van der Waals surface area contributed by atoms with E-state index in [9.17, 15) is 0 Å². The average molecular weight is 365 g/mol. The Hall–Kier alpha value is -2.04. The van der Waals surface area contributed by atoms with Crippen molar-refractivity contribution < 1.29 is 0 Å². The van der Waals surface area contributed by atoms with E-state index in [1.54, 1.807) is 11.3 Å². The van der Waals surface area contributed by atoms with Crippen LogP contribution >= 0.6 is 23.1 Å². The molecule has 25 heavy (non-hydrogen) atoms. The maximum Gasteiger partial charge on any atom is 0.139 e. The van der Waals surface area contributed by atoms with E-state index in [2.05, 4.69) is 75.7 Å². The van der Waals surface area contributed by atoms with Gasteiger partial charge in [-0.2, -0.15) is 23.1 Å². The molecule has 0 N–H and O–H groups in total. The topological polar surface area (TPSA) is 17.3 Å². The third-order valence-electron chi connectivity index (χ3n) is 4.35. The molecule has 0 bridgehead atoms. The van der Waals surface area contributed by atoms with E-state index in [-0.39, 0.29) is 0 Å². The van der Waals surface area contributed by atoms with Gasteiger partial charge < -0.3 is 4.40 Å². The monoisotopic (exact) mass is 364 g/mol. The number of pyridine rings is 1. The van der Waals surface area contributed by atoms with E-state index >= 15 is 0 Å². The third-order valence-corrected chi connectivity index (χ3v) is 6.02. The summed E-state index contributed by atoms with van der Waals surface area (Å²) >= 11 is 3.71. The number of nitrogens with zero attached hydrogens (tertiary/aromatic N) is 2. The predicted octanol–water partition coefficient (Wildman–Crippen LogP) is 5.85. The minimum atomic E-state index is 0.987. The molecule has 0 amide bonds. The molecule has 0 saturated heterocycles. The lowest BCUT2D eigenvalue weighted by Gasteiger charge is -2.07. The first-order chi connectivity index (χ1) is 12.3. The summed E-state index contributed by atoms with van der Waals surface area (Å²) in [7, 11) is 0. The highest BCUT2D eigenvalue weighted by Gasteiger charge is 2.09. The van der Waals surface area contributed by atoms with E-state index in [0.717, 1.165) is 23.6 Å². The molecule has 4 heteroatoms. The van der Waals surface area contributed by atoms with Gasteiger partial charge in [0.25, 0.3) is 0 Å². The van der Waals surface area contributed by atoms with Crippen LogP contribution in [0.5, 0.6) is 0 Å². The van der Waals surface area contributed by atoms with Gasteiger partial charge in [-0.15, -0.1) is 0 Å². The van der Waals surface area contributed by atoms with Crippen molar-refractivity contribution in [2.45, 2.75) is 19.1 Å². The summed E-state index contributed by atoms with van der Waals surface area (Å²) in [4.78, 5) is 4.63. The van der Waals surface area contributed by atoms with Crippen molar-refractivity contribution in [2.75, 3.05) is 5.75 Å². The molecule has 3 aromatic heterocycles. The van der Waals surface area contributed by atoms with E-state index in [0.29, 0.717) is 0 Å². The Morgan fingerprint density at radius 3 is 2.80 bits per heavy atom. The van der Waals surface area contributed by atoms with Crippen LogP contribution in [0, 0.1) is 6.92 Å². The summed E-state index contributed by atoms with van der Waals surface area (Å²) in [6.07, 6.45) is 5.36. The molecule has 1 aromatic carbocycles. The van der Waals surface area contributed by atoms with Crippen LogP contribution in [0.2, 0.25) is 0 Å². The van der Waals surface area contributed by atoms with Gasteiger partial charge in [-0.25, -0.2) is 4.98 Å². The summed E-state index contributed by atoms with van der Waals surface area (Å²) in [5.74, 6) is 2.11. The van der Waals surface area contributed by atoms with E-state index in [1.807, 2.05) is 18.0 Å². The number of rotatable bonds is 6. The molecular formula is C21H20N2S2. The number of hydrogen-bond donors (Lipinski definition) is 0. The number of aryl methyl sites for hydroxylation is 2. The fourth-order valence-corrected chi connectivity index (χ4v) is 4.62. The number of aromatic nitrogens is 2. The first kappa shape index (κ1) is 16.4. The Labute approximate surface area is 156 Å². The van der Waals surface area contributed by atoms with Crippen LogP contribution in [0.15, 0.2) is 65.6 Å². The maximum atomic E-state index is 4.63. The predicted molar refractivity (Wildman–Crippen MR) is 110 cm³/mol. The summed E-state index contributed by atoms with van der Waals surface area (Å²) < 4.78 is 2.26. The molecule has 126 valence electrons. The molecule has 0 aliphatic heterocycles. The Balaban J connectivity index is 1.50. The second-order valence-corrected chi connectivity index (χ2v) is 8.04. The Kier molecular flexibility index (Phi) is 4.90. The van der Waals surface area contributed by atoms with Crippen molar-refractivity contribution in [3.05, 3.63) is 82.4 Å². The Bertz CT molecular complexity index is 956. The first-order valence-corrected chi connectivity index (χ1v) is 10.5. The molecule has 0 unspecified atom stereocenters. The molecule has 4 rings (SSSR count). The summed E-state index contributed by atoms with van der Waals surface area (Å²) in [5.41, 5.74) is 7.52. The maximum absolute atomic E-state index is 4.63. The van der Waals surface area contributed by atoms with Crippen LogP contribution in [0.4, 0.5) is 0 Å². The Morgan fingerprint density at radius 2 is 2.00 bits per heavy atom. The minimum Gasteiger partial charge on any atom is -0.302 e. The van der Waals surface area contributed by atoms with Crippen molar-refractivity contribution in [3.63, 3.8) is 0 Å². The molecule has 4 aromatic rings. The van der Waals surface area contributed by atoms with E-state index in [1.165, 1.54) is 27.9 Å². The van der Waals surface area contributed by atoms with Crippen LogP contribution < -0.4 is 0 Å². The van der Waals surface area contributed by atoms with Crippen LogP contribution in [0.25, 0.3) is 16.8 Å². The summed E-state index contributed by atoms with van der Waals surface area (Å²) in [5, 5.41) is 4.33. The molecule has 0 saturated carbocycles. The number of thiophene rings is 1. The van der Waals surface area contributed by atoms with Crippen molar-refractivity contribution in [1.82, 2.24) is 9.38 Å². The number of benzene rings is 1. The number of thioether (sulfide) groups is 1. The lowest BCUT2D eigenvalue weighted by atomic mass is 10.1. The molecule has 2 nitrogen and oxygen atoms in total. The highest BCUT2D eigenvalue weighted by Crippen LogP contribution is 2.26. The van der Waals surface area contributed by atoms with E-state index < -0.39 is 0 Å². The van der Waals surface area contributed by atoms with Crippen molar-refractivity contribution in [1.29, 1.82) is 0 Å². The highest BCUT2D eigenvalue weighted by molar-refractivity contribution is 7.98. The van der Waals surface area contributed by atoms with Gasteiger partial charge in [-0.3, -0.25) is 0 Å². The second-order valence-electron chi connectivity index (χ2n) is 6.16. The lowest BCUT2D eigenvalue weighted by molar-refractivity contribution is 1.08. The van der Waals surface area contributed by atoms with Gasteiger partial charge in [-0.05, 0) is 64.2 Å². The fourth-order valence-electron chi connectivity index (χ4n) is 3.01. The van der Waals surface area contributed by atoms with Crippen LogP contribution in [0.3, 0.4) is 0 Å². The van der Waals surface area contributed by atoms with Gasteiger partial charge in [0.1, 0.15) is 5.65 Å². The summed E-state index contributed by atoms with van der Waals surface area (Å²) in [6, 6.07) is 15.1. The molecule has 0 spiro atoms. The molecular weight excluding hydrogens is 344 g/mol. The minimum absolute atomic E-state index is 0.987. The van der Waals surface area contributed by atoms with Crippen molar-refractivity contribution >= 4 is 28.7 Å². The molecule has 0 aliphatic rings. The smallest absolute Gasteiger partial charge is 0.139 e. The summed E-state index contributed by atoms with van der Waals surface area (Å²) in [6.45, 7) is 2.14. The van der Waals surface area contributed by atoms with Crippen LogP contribution in [-0.4, -0.2) is 15.1 Å². The van der Waals surface area contributed by atoms with Gasteiger partial charge in [0.05, 0.1) is 11.9 Å². The largest absolute Gasteiger partial charge is 0.302 e.